The third kappa shape index (κ3) is 6.21. The van der Waals surface area contributed by atoms with Crippen LogP contribution < -0.4 is 10.4 Å². The molecule has 0 saturated heterocycles. The Hall–Kier alpha value is -1.07. The summed E-state index contributed by atoms with van der Waals surface area (Å²) in [5, 5.41) is 4.49. The van der Waals surface area contributed by atoms with E-state index in [2.05, 4.69) is 101 Å². The van der Waals surface area contributed by atoms with E-state index in [1.54, 1.807) is 0 Å². The van der Waals surface area contributed by atoms with Gasteiger partial charge in [-0.25, -0.2) is 0 Å². The Morgan fingerprint density at radius 2 is 1.26 bits per heavy atom. The van der Waals surface area contributed by atoms with Gasteiger partial charge in [0.1, 0.15) is 0 Å². The Morgan fingerprint density at radius 3 is 1.67 bits per heavy atom. The molecular weight excluding hydrogens is 386 g/mol. The number of nitrogens with zero attached hydrogens (tertiary/aromatic N) is 1. The van der Waals surface area contributed by atoms with Crippen LogP contribution in [-0.4, -0.2) is 44.3 Å². The Labute approximate surface area is 168 Å². The molecule has 0 aliphatic carbocycles. The highest BCUT2D eigenvalue weighted by molar-refractivity contribution is 7.01. The molecule has 2 aromatic carbocycles. The number of benzene rings is 2. The molecule has 27 heavy (non-hydrogen) atoms. The molecule has 148 valence electrons. The van der Waals surface area contributed by atoms with Crippen molar-refractivity contribution in [1.29, 1.82) is 0 Å². The van der Waals surface area contributed by atoms with Crippen molar-refractivity contribution in [2.24, 2.45) is 0 Å². The molecule has 0 aliphatic rings. The molecule has 1 unspecified atom stereocenters. The predicted octanol–water partition coefficient (Wildman–Crippen LogP) is 3.23. The summed E-state index contributed by atoms with van der Waals surface area (Å²) in [4.78, 5) is 0. The topological polar surface area (TPSA) is 30.9 Å². The summed E-state index contributed by atoms with van der Waals surface area (Å²) in [6, 6.07) is 21.2. The van der Waals surface area contributed by atoms with E-state index in [4.69, 9.17) is 12.8 Å². The number of rotatable bonds is 10. The van der Waals surface area contributed by atoms with Crippen LogP contribution in [0.3, 0.4) is 0 Å². The first-order valence-corrected chi connectivity index (χ1v) is 17.0. The van der Waals surface area contributed by atoms with Gasteiger partial charge in [-0.1, -0.05) is 74.5 Å². The lowest BCUT2D eigenvalue weighted by Gasteiger charge is -2.38. The Bertz CT molecular complexity index is 642. The maximum absolute atomic E-state index is 6.91. The molecular formula is C20H33NO3Si3. The Morgan fingerprint density at radius 1 is 0.815 bits per heavy atom. The fraction of sp³-hybridized carbons (Fsp3) is 0.400. The number of hydrogen-bond donors (Lipinski definition) is 0. The number of hydroxylamine groups is 2. The van der Waals surface area contributed by atoms with Crippen LogP contribution in [0.4, 0.5) is 0 Å². The summed E-state index contributed by atoms with van der Waals surface area (Å²) >= 11 is 0. The van der Waals surface area contributed by atoms with Gasteiger partial charge < -0.3 is 12.8 Å². The van der Waals surface area contributed by atoms with Gasteiger partial charge in [0, 0.05) is 13.1 Å². The molecule has 0 amide bonds. The Balaban J connectivity index is 2.24. The minimum Gasteiger partial charge on any atom is -0.429 e. The molecule has 7 heteroatoms. The van der Waals surface area contributed by atoms with E-state index in [0.29, 0.717) is 0 Å². The van der Waals surface area contributed by atoms with Crippen molar-refractivity contribution in [2.75, 3.05) is 13.1 Å². The quantitative estimate of drug-likeness (QED) is 0.437. The lowest BCUT2D eigenvalue weighted by molar-refractivity contribution is -0.0664. The average Bonchev–Trinajstić information content (AvgIpc) is 2.66. The minimum atomic E-state index is -2.39. The second kappa shape index (κ2) is 9.92. The van der Waals surface area contributed by atoms with Gasteiger partial charge in [-0.3, -0.25) is 0 Å². The van der Waals surface area contributed by atoms with Crippen LogP contribution in [-0.2, 0) is 12.8 Å². The van der Waals surface area contributed by atoms with Gasteiger partial charge >= 0.3 is 17.8 Å². The van der Waals surface area contributed by atoms with Gasteiger partial charge in [-0.15, -0.1) is 0 Å². The summed E-state index contributed by atoms with van der Waals surface area (Å²) in [5.74, 6) is 0. The first kappa shape index (κ1) is 22.2. The number of hydrogen-bond acceptors (Lipinski definition) is 4. The molecule has 0 saturated carbocycles. The minimum absolute atomic E-state index is 0.862. The molecule has 2 rings (SSSR count). The third-order valence-electron chi connectivity index (χ3n) is 4.55. The molecule has 0 N–H and O–H groups in total. The Kier molecular flexibility index (Phi) is 8.17. The smallest absolute Gasteiger partial charge is 0.331 e. The van der Waals surface area contributed by atoms with Crippen molar-refractivity contribution in [3.63, 3.8) is 0 Å². The third-order valence-corrected chi connectivity index (χ3v) is 15.2. The molecule has 0 aromatic heterocycles. The van der Waals surface area contributed by atoms with E-state index in [1.807, 2.05) is 5.06 Å². The molecule has 2 aromatic rings. The summed E-state index contributed by atoms with van der Waals surface area (Å²) in [5.41, 5.74) is 0. The van der Waals surface area contributed by atoms with Crippen LogP contribution in [0.2, 0.25) is 26.2 Å². The standard InChI is InChI=1S/C20H33NO3Si3/c1-7-21(8-2)22-25(3)23-26(4,5)24-27(6,19-15-11-9-12-16-19)20-17-13-10-14-18-20/h9-18,25H,7-8H2,1-6H3. The van der Waals surface area contributed by atoms with Crippen molar-refractivity contribution in [3.8, 4) is 0 Å². The van der Waals surface area contributed by atoms with Gasteiger partial charge in [-0.2, -0.15) is 5.06 Å². The maximum Gasteiger partial charge on any atom is 0.331 e. The molecule has 0 heterocycles. The highest BCUT2D eigenvalue weighted by Crippen LogP contribution is 2.18. The highest BCUT2D eigenvalue weighted by atomic mass is 28.5. The monoisotopic (exact) mass is 419 g/mol. The van der Waals surface area contributed by atoms with Crippen LogP contribution in [0.5, 0.6) is 0 Å². The molecule has 0 fully saturated rings. The van der Waals surface area contributed by atoms with Crippen molar-refractivity contribution >= 4 is 36.5 Å². The fourth-order valence-electron chi connectivity index (χ4n) is 3.32. The van der Waals surface area contributed by atoms with E-state index in [-0.39, 0.29) is 0 Å². The molecule has 0 bridgehead atoms. The largest absolute Gasteiger partial charge is 0.429 e. The van der Waals surface area contributed by atoms with E-state index < -0.39 is 26.2 Å². The van der Waals surface area contributed by atoms with E-state index in [0.717, 1.165) is 13.1 Å². The van der Waals surface area contributed by atoms with E-state index in [9.17, 15) is 0 Å². The molecule has 1 atom stereocenters. The van der Waals surface area contributed by atoms with Crippen LogP contribution in [0.25, 0.3) is 0 Å². The maximum atomic E-state index is 6.91. The van der Waals surface area contributed by atoms with E-state index >= 15 is 0 Å². The average molecular weight is 420 g/mol. The summed E-state index contributed by atoms with van der Waals surface area (Å²) in [6.07, 6.45) is 0. The second-order valence-electron chi connectivity index (χ2n) is 7.17. The zero-order chi connectivity index (χ0) is 19.9. The molecule has 0 radical (unpaired) electrons. The second-order valence-corrected chi connectivity index (χ2v) is 16.3. The van der Waals surface area contributed by atoms with Crippen LogP contribution in [0, 0.1) is 0 Å². The van der Waals surface area contributed by atoms with Gasteiger partial charge in [0.2, 0.25) is 8.32 Å². The highest BCUT2D eigenvalue weighted by Gasteiger charge is 2.42. The van der Waals surface area contributed by atoms with Gasteiger partial charge in [0.05, 0.1) is 0 Å². The molecule has 4 nitrogen and oxygen atoms in total. The fourth-order valence-corrected chi connectivity index (χ4v) is 14.9. The first-order valence-electron chi connectivity index (χ1n) is 9.71. The molecule has 0 spiro atoms. The van der Waals surface area contributed by atoms with Crippen molar-refractivity contribution in [3.05, 3.63) is 60.7 Å². The van der Waals surface area contributed by atoms with Gasteiger partial charge in [0.25, 0.3) is 0 Å². The van der Waals surface area contributed by atoms with E-state index in [1.165, 1.54) is 10.4 Å². The van der Waals surface area contributed by atoms with Crippen LogP contribution in [0.15, 0.2) is 60.7 Å². The summed E-state index contributed by atoms with van der Waals surface area (Å²) < 4.78 is 19.4. The normalized spacial score (nSPS) is 13.7. The van der Waals surface area contributed by atoms with Gasteiger partial charge in [0.15, 0.2) is 0 Å². The van der Waals surface area contributed by atoms with Crippen molar-refractivity contribution in [1.82, 2.24) is 5.06 Å². The first-order chi connectivity index (χ1) is 12.8. The zero-order valence-corrected chi connectivity index (χ0v) is 20.6. The lowest BCUT2D eigenvalue weighted by atomic mass is 10.4. The predicted molar refractivity (Wildman–Crippen MR) is 120 cm³/mol. The zero-order valence-electron chi connectivity index (χ0n) is 17.4. The van der Waals surface area contributed by atoms with Crippen LogP contribution in [0.1, 0.15) is 13.8 Å². The van der Waals surface area contributed by atoms with Crippen molar-refractivity contribution < 1.29 is 12.8 Å². The van der Waals surface area contributed by atoms with Gasteiger partial charge in [-0.05, 0) is 36.6 Å². The SMILES string of the molecule is CCN(CC)O[SiH](C)O[Si](C)(C)O[Si](C)(c1ccccc1)c1ccccc1. The summed E-state index contributed by atoms with van der Waals surface area (Å²) in [6.45, 7) is 14.5. The van der Waals surface area contributed by atoms with Crippen LogP contribution >= 0.6 is 0 Å². The molecule has 0 aliphatic heterocycles. The summed E-state index contributed by atoms with van der Waals surface area (Å²) in [7, 11) is -6.57. The lowest BCUT2D eigenvalue weighted by Crippen LogP contribution is -2.64. The van der Waals surface area contributed by atoms with Crippen molar-refractivity contribution in [2.45, 2.75) is 40.0 Å².